The minimum absolute atomic E-state index is 0.142. The fourth-order valence-corrected chi connectivity index (χ4v) is 2.46. The van der Waals surface area contributed by atoms with Crippen LogP contribution in [0.2, 0.25) is 5.02 Å². The molecule has 19 heavy (non-hydrogen) atoms. The highest BCUT2D eigenvalue weighted by Crippen LogP contribution is 2.41. The third-order valence-electron chi connectivity index (χ3n) is 2.33. The summed E-state index contributed by atoms with van der Waals surface area (Å²) >= 11 is 6.80. The molecule has 1 heterocycles. The minimum atomic E-state index is -0.772. The second-order valence-corrected chi connectivity index (χ2v) is 5.29. The molecule has 0 aliphatic carbocycles. The molecule has 0 saturated heterocycles. The molecule has 1 aromatic heterocycles. The molecule has 1 atom stereocenters. The molecular formula is C12H10ClNO4S. The van der Waals surface area contributed by atoms with E-state index in [-0.39, 0.29) is 10.8 Å². The zero-order valence-corrected chi connectivity index (χ0v) is 11.4. The highest BCUT2D eigenvalue weighted by molar-refractivity contribution is 7.14. The number of aliphatic hydroxyl groups excluding tert-OH is 1. The van der Waals surface area contributed by atoms with E-state index < -0.39 is 11.0 Å². The van der Waals surface area contributed by atoms with E-state index in [4.69, 9.17) is 16.3 Å². The highest BCUT2D eigenvalue weighted by atomic mass is 35.5. The number of nitrogens with zero attached hydrogens (tertiary/aromatic N) is 1. The van der Waals surface area contributed by atoms with Gasteiger partial charge in [0.1, 0.15) is 5.75 Å². The predicted octanol–water partition coefficient (Wildman–Crippen LogP) is 4.16. The average Bonchev–Trinajstić information content (AvgIpc) is 2.76. The molecule has 1 N–H and O–H groups in total. The molecule has 0 spiro atoms. The van der Waals surface area contributed by atoms with Crippen molar-refractivity contribution in [3.8, 4) is 10.8 Å². The van der Waals surface area contributed by atoms with E-state index in [1.807, 2.05) is 0 Å². The summed E-state index contributed by atoms with van der Waals surface area (Å²) in [7, 11) is 0. The Hall–Kier alpha value is -1.63. The Kier molecular flexibility index (Phi) is 4.04. The number of benzene rings is 1. The van der Waals surface area contributed by atoms with Crippen molar-refractivity contribution < 1.29 is 14.8 Å². The summed E-state index contributed by atoms with van der Waals surface area (Å²) in [5.41, 5.74) is -0.157. The first-order valence-electron chi connectivity index (χ1n) is 5.37. The van der Waals surface area contributed by atoms with Gasteiger partial charge < -0.3 is 9.84 Å². The highest BCUT2D eigenvalue weighted by Gasteiger charge is 2.22. The van der Waals surface area contributed by atoms with E-state index in [0.717, 1.165) is 11.3 Å². The Balaban J connectivity index is 2.33. The molecule has 5 nitrogen and oxygen atoms in total. The molecule has 0 amide bonds. The van der Waals surface area contributed by atoms with Gasteiger partial charge in [0.2, 0.25) is 0 Å². The quantitative estimate of drug-likeness (QED) is 0.679. The Morgan fingerprint density at radius 3 is 2.58 bits per heavy atom. The van der Waals surface area contributed by atoms with Crippen LogP contribution in [-0.4, -0.2) is 10.0 Å². The van der Waals surface area contributed by atoms with Crippen molar-refractivity contribution in [2.75, 3.05) is 0 Å². The third-order valence-corrected chi connectivity index (χ3v) is 3.76. The number of thiophene rings is 1. The van der Waals surface area contributed by atoms with Crippen molar-refractivity contribution >= 4 is 28.6 Å². The number of hydrogen-bond donors (Lipinski definition) is 1. The van der Waals surface area contributed by atoms with Crippen LogP contribution in [0, 0.1) is 10.1 Å². The molecule has 0 saturated carbocycles. The molecule has 0 unspecified atom stereocenters. The van der Waals surface area contributed by atoms with Crippen molar-refractivity contribution in [1.82, 2.24) is 0 Å². The van der Waals surface area contributed by atoms with E-state index in [2.05, 4.69) is 0 Å². The minimum Gasteiger partial charge on any atom is -0.440 e. The van der Waals surface area contributed by atoms with Crippen LogP contribution in [0.25, 0.3) is 0 Å². The number of nitro groups is 1. The van der Waals surface area contributed by atoms with Gasteiger partial charge in [-0.25, -0.2) is 0 Å². The molecule has 0 fully saturated rings. The Morgan fingerprint density at radius 2 is 2.05 bits per heavy atom. The van der Waals surface area contributed by atoms with Crippen LogP contribution < -0.4 is 4.74 Å². The molecule has 1 aromatic carbocycles. The van der Waals surface area contributed by atoms with Gasteiger partial charge in [-0.05, 0) is 31.2 Å². The van der Waals surface area contributed by atoms with Crippen LogP contribution in [-0.2, 0) is 0 Å². The van der Waals surface area contributed by atoms with Crippen LogP contribution in [0.1, 0.15) is 17.9 Å². The lowest BCUT2D eigenvalue weighted by Crippen LogP contribution is -1.89. The molecule has 0 radical (unpaired) electrons. The van der Waals surface area contributed by atoms with Gasteiger partial charge in [-0.2, -0.15) is 0 Å². The molecule has 2 rings (SSSR count). The van der Waals surface area contributed by atoms with E-state index in [1.54, 1.807) is 31.2 Å². The number of ether oxygens (including phenoxy) is 1. The van der Waals surface area contributed by atoms with Gasteiger partial charge in [0, 0.05) is 16.0 Å². The SMILES string of the molecule is C[C@H](O)c1cc([N+](=O)[O-])c(Oc2ccc(Cl)cc2)s1. The third kappa shape index (κ3) is 3.23. The molecule has 0 aliphatic rings. The normalized spacial score (nSPS) is 12.2. The van der Waals surface area contributed by atoms with Crippen LogP contribution in [0.5, 0.6) is 10.8 Å². The van der Waals surface area contributed by atoms with Crippen molar-refractivity contribution in [2.24, 2.45) is 0 Å². The summed E-state index contributed by atoms with van der Waals surface area (Å²) in [6.07, 6.45) is -0.772. The largest absolute Gasteiger partial charge is 0.440 e. The summed E-state index contributed by atoms with van der Waals surface area (Å²) in [6, 6.07) is 7.82. The van der Waals surface area contributed by atoms with Gasteiger partial charge in [-0.15, -0.1) is 0 Å². The summed E-state index contributed by atoms with van der Waals surface area (Å²) in [5.74, 6) is 0.450. The maximum Gasteiger partial charge on any atom is 0.323 e. The first-order valence-corrected chi connectivity index (χ1v) is 6.56. The Labute approximate surface area is 118 Å². The van der Waals surface area contributed by atoms with Crippen LogP contribution in [0.15, 0.2) is 30.3 Å². The molecule has 0 bridgehead atoms. The lowest BCUT2D eigenvalue weighted by atomic mass is 10.3. The smallest absolute Gasteiger partial charge is 0.323 e. The standard InChI is InChI=1S/C12H10ClNO4S/c1-7(15)11-6-10(14(16)17)12(19-11)18-9-4-2-8(13)3-5-9/h2-7,15H,1H3/t7-/m0/s1. The summed E-state index contributed by atoms with van der Waals surface area (Å²) in [4.78, 5) is 10.9. The molecule has 2 aromatic rings. The van der Waals surface area contributed by atoms with Crippen LogP contribution >= 0.6 is 22.9 Å². The fourth-order valence-electron chi connectivity index (χ4n) is 1.40. The van der Waals surface area contributed by atoms with Crippen molar-refractivity contribution in [1.29, 1.82) is 0 Å². The van der Waals surface area contributed by atoms with E-state index in [9.17, 15) is 15.2 Å². The molecule has 100 valence electrons. The van der Waals surface area contributed by atoms with E-state index >= 15 is 0 Å². The van der Waals surface area contributed by atoms with Gasteiger partial charge in [0.05, 0.1) is 11.0 Å². The topological polar surface area (TPSA) is 72.6 Å². The Morgan fingerprint density at radius 1 is 1.42 bits per heavy atom. The molecular weight excluding hydrogens is 290 g/mol. The average molecular weight is 300 g/mol. The fraction of sp³-hybridized carbons (Fsp3) is 0.167. The van der Waals surface area contributed by atoms with Crippen LogP contribution in [0.3, 0.4) is 0 Å². The van der Waals surface area contributed by atoms with Gasteiger partial charge in [-0.1, -0.05) is 22.9 Å². The lowest BCUT2D eigenvalue weighted by Gasteiger charge is -2.02. The first kappa shape index (κ1) is 13.8. The first-order chi connectivity index (χ1) is 8.97. The van der Waals surface area contributed by atoms with Gasteiger partial charge in [0.25, 0.3) is 5.06 Å². The summed E-state index contributed by atoms with van der Waals surface area (Å²) in [6.45, 7) is 1.54. The number of rotatable bonds is 4. The Bertz CT molecular complexity index is 594. The second kappa shape index (κ2) is 5.56. The van der Waals surface area contributed by atoms with Crippen molar-refractivity contribution in [3.05, 3.63) is 50.3 Å². The van der Waals surface area contributed by atoms with E-state index in [0.29, 0.717) is 15.6 Å². The lowest BCUT2D eigenvalue weighted by molar-refractivity contribution is -0.385. The maximum atomic E-state index is 10.9. The summed E-state index contributed by atoms with van der Waals surface area (Å²) < 4.78 is 5.46. The van der Waals surface area contributed by atoms with Gasteiger partial charge >= 0.3 is 5.69 Å². The number of aliphatic hydroxyl groups is 1. The maximum absolute atomic E-state index is 10.9. The van der Waals surface area contributed by atoms with Crippen molar-refractivity contribution in [3.63, 3.8) is 0 Å². The van der Waals surface area contributed by atoms with E-state index in [1.165, 1.54) is 6.07 Å². The zero-order valence-electron chi connectivity index (χ0n) is 9.87. The molecule has 0 aliphatic heterocycles. The van der Waals surface area contributed by atoms with Gasteiger partial charge in [0.15, 0.2) is 0 Å². The number of hydrogen-bond acceptors (Lipinski definition) is 5. The van der Waals surface area contributed by atoms with Crippen molar-refractivity contribution in [2.45, 2.75) is 13.0 Å². The zero-order chi connectivity index (χ0) is 14.0. The summed E-state index contributed by atoms with van der Waals surface area (Å²) in [5, 5.41) is 21.1. The monoisotopic (exact) mass is 299 g/mol. The second-order valence-electron chi connectivity index (χ2n) is 3.81. The van der Waals surface area contributed by atoms with Crippen LogP contribution in [0.4, 0.5) is 5.69 Å². The number of halogens is 1. The molecule has 7 heteroatoms. The van der Waals surface area contributed by atoms with Gasteiger partial charge in [-0.3, -0.25) is 10.1 Å². The predicted molar refractivity (Wildman–Crippen MR) is 73.1 cm³/mol.